The molecule has 0 aliphatic heterocycles. The van der Waals surface area contributed by atoms with Crippen LogP contribution in [0, 0.1) is 5.41 Å². The van der Waals surface area contributed by atoms with Crippen LogP contribution in [-0.4, -0.2) is 53.6 Å². The fraction of sp³-hybridized carbons (Fsp3) is 0.333. The fourth-order valence-electron chi connectivity index (χ4n) is 2.38. The van der Waals surface area contributed by atoms with E-state index in [9.17, 15) is 26.4 Å². The topological polar surface area (TPSA) is 127 Å². The second kappa shape index (κ2) is 9.39. The van der Waals surface area contributed by atoms with Crippen LogP contribution in [-0.2, 0) is 29.6 Å². The maximum absolute atomic E-state index is 12.8. The van der Waals surface area contributed by atoms with Gasteiger partial charge in [-0.3, -0.25) is 9.52 Å². The summed E-state index contributed by atoms with van der Waals surface area (Å²) >= 11 is 0. The first-order valence-corrected chi connectivity index (χ1v) is 12.4. The van der Waals surface area contributed by atoms with Crippen molar-refractivity contribution in [3.05, 3.63) is 54.1 Å². The molecule has 0 spiro atoms. The molecular formula is C21H26N2O7S2. The SMILES string of the molecule is CN(C)S(=O)(=O)c1ccc(S(=O)(=O)Nc2ccccc2C(=O)OCC(=O)C(C)(C)C)cc1. The Morgan fingerprint density at radius 2 is 1.44 bits per heavy atom. The van der Waals surface area contributed by atoms with Crippen molar-refractivity contribution in [1.29, 1.82) is 0 Å². The number of sulfonamides is 2. The van der Waals surface area contributed by atoms with E-state index in [0.29, 0.717) is 0 Å². The smallest absolute Gasteiger partial charge is 0.340 e. The lowest BCUT2D eigenvalue weighted by molar-refractivity contribution is -0.129. The van der Waals surface area contributed by atoms with E-state index in [1.165, 1.54) is 50.5 Å². The molecule has 0 radical (unpaired) electrons. The predicted octanol–water partition coefficient (Wildman–Crippen LogP) is 2.51. The molecule has 2 aromatic rings. The van der Waals surface area contributed by atoms with Crippen molar-refractivity contribution in [2.45, 2.75) is 30.6 Å². The van der Waals surface area contributed by atoms with Crippen LogP contribution in [0.5, 0.6) is 0 Å². The number of nitrogens with zero attached hydrogens (tertiary/aromatic N) is 1. The van der Waals surface area contributed by atoms with Crippen molar-refractivity contribution in [2.75, 3.05) is 25.4 Å². The van der Waals surface area contributed by atoms with E-state index in [4.69, 9.17) is 4.74 Å². The molecule has 0 saturated carbocycles. The van der Waals surface area contributed by atoms with E-state index in [-0.39, 0.29) is 26.8 Å². The summed E-state index contributed by atoms with van der Waals surface area (Å²) in [6.45, 7) is 4.64. The Balaban J connectivity index is 2.26. The van der Waals surface area contributed by atoms with Gasteiger partial charge in [0.1, 0.15) is 0 Å². The van der Waals surface area contributed by atoms with Crippen molar-refractivity contribution >= 4 is 37.5 Å². The molecule has 0 aromatic heterocycles. The van der Waals surface area contributed by atoms with Crippen LogP contribution in [0.4, 0.5) is 5.69 Å². The lowest BCUT2D eigenvalue weighted by Gasteiger charge is -2.17. The standard InChI is InChI=1S/C21H26N2O7S2/c1-21(2,3)19(24)14-30-20(25)17-8-6-7-9-18(17)22-31(26,27)15-10-12-16(13-11-15)32(28,29)23(4)5/h6-13,22H,14H2,1-5H3. The molecular weight excluding hydrogens is 456 g/mol. The quantitative estimate of drug-likeness (QED) is 0.573. The minimum absolute atomic E-state index is 0.0364. The van der Waals surface area contributed by atoms with Gasteiger partial charge in [0.2, 0.25) is 10.0 Å². The Morgan fingerprint density at radius 3 is 1.97 bits per heavy atom. The third-order valence-electron chi connectivity index (χ3n) is 4.47. The predicted molar refractivity (Wildman–Crippen MR) is 119 cm³/mol. The minimum atomic E-state index is -4.14. The van der Waals surface area contributed by atoms with Gasteiger partial charge in [0.25, 0.3) is 10.0 Å². The van der Waals surface area contributed by atoms with Crippen molar-refractivity contribution in [3.63, 3.8) is 0 Å². The number of carbonyl (C=O) groups is 2. The molecule has 174 valence electrons. The van der Waals surface area contributed by atoms with Crippen LogP contribution in [0.3, 0.4) is 0 Å². The molecule has 0 atom stereocenters. The molecule has 1 N–H and O–H groups in total. The molecule has 2 aromatic carbocycles. The zero-order chi connectivity index (χ0) is 24.3. The van der Waals surface area contributed by atoms with Crippen LogP contribution in [0.15, 0.2) is 58.3 Å². The lowest BCUT2D eigenvalue weighted by Crippen LogP contribution is -2.26. The molecule has 9 nitrogen and oxygen atoms in total. The summed E-state index contributed by atoms with van der Waals surface area (Å²) in [7, 11) is -5.11. The number of hydrogen-bond donors (Lipinski definition) is 1. The van der Waals surface area contributed by atoms with Crippen LogP contribution in [0.25, 0.3) is 0 Å². The Kier molecular flexibility index (Phi) is 7.48. The highest BCUT2D eigenvalue weighted by Gasteiger charge is 2.25. The third kappa shape index (κ3) is 5.93. The first-order valence-electron chi connectivity index (χ1n) is 9.51. The van der Waals surface area contributed by atoms with Gasteiger partial charge < -0.3 is 4.74 Å². The highest BCUT2D eigenvalue weighted by molar-refractivity contribution is 7.92. The summed E-state index contributed by atoms with van der Waals surface area (Å²) in [6, 6.07) is 10.5. The second-order valence-corrected chi connectivity index (χ2v) is 12.0. The van der Waals surface area contributed by atoms with Crippen LogP contribution < -0.4 is 4.72 Å². The van der Waals surface area contributed by atoms with Crippen molar-refractivity contribution < 1.29 is 31.2 Å². The maximum atomic E-state index is 12.8. The molecule has 11 heteroatoms. The number of rotatable bonds is 8. The Labute approximate surface area is 188 Å². The van der Waals surface area contributed by atoms with Crippen LogP contribution in [0.1, 0.15) is 31.1 Å². The number of anilines is 1. The number of Topliss-reactive ketones (excluding diaryl/α,β-unsaturated/α-hetero) is 1. The molecule has 0 saturated heterocycles. The fourth-order valence-corrected chi connectivity index (χ4v) is 4.36. The molecule has 0 unspecified atom stereocenters. The van der Waals surface area contributed by atoms with Gasteiger partial charge in [0.15, 0.2) is 12.4 Å². The summed E-state index contributed by atoms with van der Waals surface area (Å²) in [6.07, 6.45) is 0. The normalized spacial score (nSPS) is 12.4. The summed E-state index contributed by atoms with van der Waals surface area (Å²) in [5.41, 5.74) is -0.788. The largest absolute Gasteiger partial charge is 0.454 e. The number of hydrogen-bond acceptors (Lipinski definition) is 7. The first kappa shape index (κ1) is 25.5. The number of nitrogens with one attached hydrogen (secondary N) is 1. The maximum Gasteiger partial charge on any atom is 0.340 e. The van der Waals surface area contributed by atoms with Gasteiger partial charge >= 0.3 is 5.97 Å². The minimum Gasteiger partial charge on any atom is -0.454 e. The van der Waals surface area contributed by atoms with E-state index >= 15 is 0 Å². The number of ketones is 1. The van der Waals surface area contributed by atoms with E-state index in [0.717, 1.165) is 16.4 Å². The van der Waals surface area contributed by atoms with Crippen molar-refractivity contribution in [1.82, 2.24) is 4.31 Å². The molecule has 0 heterocycles. The number of para-hydroxylation sites is 1. The Morgan fingerprint density at radius 1 is 0.906 bits per heavy atom. The van der Waals surface area contributed by atoms with Gasteiger partial charge in [0.05, 0.1) is 21.0 Å². The number of esters is 1. The van der Waals surface area contributed by atoms with Gasteiger partial charge in [-0.25, -0.2) is 25.9 Å². The lowest BCUT2D eigenvalue weighted by atomic mass is 9.91. The third-order valence-corrected chi connectivity index (χ3v) is 7.69. The van der Waals surface area contributed by atoms with E-state index in [1.54, 1.807) is 20.8 Å². The van der Waals surface area contributed by atoms with E-state index in [1.807, 2.05) is 0 Å². The Hall–Kier alpha value is -2.76. The summed E-state index contributed by atoms with van der Waals surface area (Å²) in [5.74, 6) is -1.13. The van der Waals surface area contributed by atoms with Gasteiger partial charge in [0, 0.05) is 19.5 Å². The second-order valence-electron chi connectivity index (χ2n) is 8.16. The van der Waals surface area contributed by atoms with Gasteiger partial charge in [-0.1, -0.05) is 32.9 Å². The summed E-state index contributed by atoms with van der Waals surface area (Å²) in [4.78, 5) is 24.2. The Bertz CT molecular complexity index is 1210. The zero-order valence-electron chi connectivity index (χ0n) is 18.4. The number of carbonyl (C=O) groups excluding carboxylic acids is 2. The molecule has 0 aliphatic rings. The van der Waals surface area contributed by atoms with Crippen molar-refractivity contribution in [2.24, 2.45) is 5.41 Å². The highest BCUT2D eigenvalue weighted by atomic mass is 32.2. The highest BCUT2D eigenvalue weighted by Crippen LogP contribution is 2.23. The van der Waals surface area contributed by atoms with Crippen LogP contribution >= 0.6 is 0 Å². The zero-order valence-corrected chi connectivity index (χ0v) is 20.1. The first-order chi connectivity index (χ1) is 14.7. The van der Waals surface area contributed by atoms with E-state index < -0.39 is 38.0 Å². The van der Waals surface area contributed by atoms with Gasteiger partial charge in [-0.05, 0) is 36.4 Å². The molecule has 32 heavy (non-hydrogen) atoms. The van der Waals surface area contributed by atoms with Gasteiger partial charge in [-0.15, -0.1) is 0 Å². The summed E-state index contributed by atoms with van der Waals surface area (Å²) in [5, 5.41) is 0. The number of benzene rings is 2. The van der Waals surface area contributed by atoms with Gasteiger partial charge in [-0.2, -0.15) is 0 Å². The molecule has 0 aliphatic carbocycles. The summed E-state index contributed by atoms with van der Waals surface area (Å²) < 4.78 is 58.3. The molecule has 2 rings (SSSR count). The van der Waals surface area contributed by atoms with E-state index in [2.05, 4.69) is 4.72 Å². The molecule has 0 fully saturated rings. The van der Waals surface area contributed by atoms with Crippen LogP contribution in [0.2, 0.25) is 0 Å². The molecule has 0 amide bonds. The average molecular weight is 483 g/mol. The number of ether oxygens (including phenoxy) is 1. The van der Waals surface area contributed by atoms with Crippen molar-refractivity contribution in [3.8, 4) is 0 Å². The molecule has 0 bridgehead atoms. The average Bonchev–Trinajstić information content (AvgIpc) is 2.71. The monoisotopic (exact) mass is 482 g/mol.